The van der Waals surface area contributed by atoms with Gasteiger partial charge in [-0.25, -0.2) is 9.37 Å². The monoisotopic (exact) mass is 575 g/mol. The number of nitrogens with zero attached hydrogens (tertiary/aromatic N) is 2. The molecule has 1 unspecified atom stereocenters. The SMILES string of the molecule is Cl.N#Cc1c(-c2cccc(C(=O)NC3CCCC[C@@H]3N)c2)cc(-c2ccc(F)cc2O)nc1NC(=O)c1ccco1. The first-order valence-corrected chi connectivity index (χ1v) is 12.8. The number of nitriles is 1. The minimum Gasteiger partial charge on any atom is -0.507 e. The zero-order valence-corrected chi connectivity index (χ0v) is 22.6. The molecule has 1 fully saturated rings. The number of aromatic hydroxyl groups is 1. The second kappa shape index (κ2) is 12.6. The third-order valence-electron chi connectivity index (χ3n) is 6.92. The van der Waals surface area contributed by atoms with Gasteiger partial charge in [-0.2, -0.15) is 5.26 Å². The van der Waals surface area contributed by atoms with E-state index >= 15 is 0 Å². The predicted molar refractivity (Wildman–Crippen MR) is 153 cm³/mol. The van der Waals surface area contributed by atoms with E-state index in [0.29, 0.717) is 16.7 Å². The molecule has 2 atom stereocenters. The quantitative estimate of drug-likeness (QED) is 0.240. The largest absolute Gasteiger partial charge is 0.507 e. The molecule has 0 saturated heterocycles. The third-order valence-corrected chi connectivity index (χ3v) is 6.92. The number of furan rings is 1. The molecule has 0 aliphatic heterocycles. The van der Waals surface area contributed by atoms with E-state index in [1.165, 1.54) is 18.4 Å². The maximum absolute atomic E-state index is 13.7. The normalized spacial score (nSPS) is 16.2. The number of benzene rings is 2. The average molecular weight is 576 g/mol. The summed E-state index contributed by atoms with van der Waals surface area (Å²) < 4.78 is 18.9. The van der Waals surface area contributed by atoms with E-state index in [2.05, 4.69) is 21.7 Å². The number of carbonyl (C=O) groups excluding carboxylic acids is 2. The lowest BCUT2D eigenvalue weighted by Crippen LogP contribution is -2.49. The summed E-state index contributed by atoms with van der Waals surface area (Å²) in [5.74, 6) is -2.04. The Balaban J connectivity index is 0.00000387. The summed E-state index contributed by atoms with van der Waals surface area (Å²) in [7, 11) is 0. The minimum absolute atomic E-state index is 0. The number of carbonyl (C=O) groups is 2. The number of phenols is 1. The number of nitrogens with two attached hydrogens (primary N) is 1. The number of phenolic OH excluding ortho intramolecular Hbond substituents is 1. The number of hydrogen-bond acceptors (Lipinski definition) is 7. The second-order valence-electron chi connectivity index (χ2n) is 9.59. The van der Waals surface area contributed by atoms with Gasteiger partial charge in [0.05, 0.1) is 12.0 Å². The van der Waals surface area contributed by atoms with Crippen molar-refractivity contribution >= 4 is 30.0 Å². The number of anilines is 1. The minimum atomic E-state index is -0.641. The van der Waals surface area contributed by atoms with Crippen LogP contribution in [0.25, 0.3) is 22.4 Å². The smallest absolute Gasteiger partial charge is 0.292 e. The zero-order chi connectivity index (χ0) is 28.2. The third kappa shape index (κ3) is 6.38. The molecule has 0 spiro atoms. The van der Waals surface area contributed by atoms with Crippen LogP contribution in [0.4, 0.5) is 10.2 Å². The van der Waals surface area contributed by atoms with Crippen LogP contribution in [0.15, 0.2) is 71.3 Å². The van der Waals surface area contributed by atoms with Gasteiger partial charge in [0.2, 0.25) is 0 Å². The Morgan fingerprint density at radius 2 is 1.85 bits per heavy atom. The lowest BCUT2D eigenvalue weighted by Gasteiger charge is -2.29. The van der Waals surface area contributed by atoms with Gasteiger partial charge in [-0.3, -0.25) is 9.59 Å². The summed E-state index contributed by atoms with van der Waals surface area (Å²) in [6.07, 6.45) is 5.01. The zero-order valence-electron chi connectivity index (χ0n) is 21.8. The van der Waals surface area contributed by atoms with Crippen LogP contribution in [-0.2, 0) is 0 Å². The van der Waals surface area contributed by atoms with Gasteiger partial charge >= 0.3 is 0 Å². The van der Waals surface area contributed by atoms with Crippen LogP contribution in [0.2, 0.25) is 0 Å². The van der Waals surface area contributed by atoms with Crippen molar-refractivity contribution in [3.63, 3.8) is 0 Å². The van der Waals surface area contributed by atoms with E-state index in [-0.39, 0.29) is 64.5 Å². The highest BCUT2D eigenvalue weighted by molar-refractivity contribution is 6.03. The van der Waals surface area contributed by atoms with Crippen molar-refractivity contribution in [2.45, 2.75) is 37.8 Å². The Kier molecular flexibility index (Phi) is 9.02. The summed E-state index contributed by atoms with van der Waals surface area (Å²) in [5.41, 5.74) is 7.79. The summed E-state index contributed by atoms with van der Waals surface area (Å²) in [6.45, 7) is 0. The van der Waals surface area contributed by atoms with Gasteiger partial charge in [-0.1, -0.05) is 25.0 Å². The van der Waals surface area contributed by atoms with Crippen LogP contribution in [0.5, 0.6) is 5.75 Å². The van der Waals surface area contributed by atoms with Gasteiger partial charge in [0.15, 0.2) is 11.6 Å². The molecule has 2 aromatic heterocycles. The van der Waals surface area contributed by atoms with E-state index in [1.807, 2.05) is 0 Å². The summed E-state index contributed by atoms with van der Waals surface area (Å²) in [6, 6.07) is 16.5. The first-order valence-electron chi connectivity index (χ1n) is 12.8. The van der Waals surface area contributed by atoms with Gasteiger partial charge in [0.25, 0.3) is 11.8 Å². The molecule has 0 bridgehead atoms. The molecular weight excluding hydrogens is 549 g/mol. The predicted octanol–water partition coefficient (Wildman–Crippen LogP) is 5.40. The highest BCUT2D eigenvalue weighted by Gasteiger charge is 2.25. The van der Waals surface area contributed by atoms with E-state index in [9.17, 15) is 24.3 Å². The van der Waals surface area contributed by atoms with E-state index in [4.69, 9.17) is 10.2 Å². The number of nitrogens with one attached hydrogen (secondary N) is 2. The fraction of sp³-hybridized carbons (Fsp3) is 0.200. The standard InChI is InChI=1S/C30H26FN5O4.ClH/c31-19-10-11-20(26(37)14-19)25-15-21(22(16-32)28(34-25)36-30(39)27-9-4-12-40-27)17-5-3-6-18(13-17)29(38)35-24-8-2-1-7-23(24)33;/h3-6,9-15,23-24,37H,1-2,7-8,33H2,(H,35,38)(H,34,36,39);1H/t23-,24?;/m0./s1. The molecule has 9 nitrogen and oxygen atoms in total. The molecule has 1 saturated carbocycles. The lowest BCUT2D eigenvalue weighted by atomic mass is 9.90. The molecule has 210 valence electrons. The van der Waals surface area contributed by atoms with Crippen molar-refractivity contribution in [1.82, 2.24) is 10.3 Å². The molecule has 2 amide bonds. The summed E-state index contributed by atoms with van der Waals surface area (Å²) >= 11 is 0. The maximum Gasteiger partial charge on any atom is 0.292 e. The molecule has 5 rings (SSSR count). The molecule has 5 N–H and O–H groups in total. The van der Waals surface area contributed by atoms with E-state index in [1.54, 1.807) is 36.4 Å². The van der Waals surface area contributed by atoms with Gasteiger partial charge < -0.3 is 25.9 Å². The lowest BCUT2D eigenvalue weighted by molar-refractivity contribution is 0.0920. The van der Waals surface area contributed by atoms with Gasteiger partial charge in [-0.15, -0.1) is 12.4 Å². The molecule has 1 aliphatic carbocycles. The Morgan fingerprint density at radius 1 is 1.05 bits per heavy atom. The molecule has 4 aromatic rings. The number of rotatable bonds is 6. The van der Waals surface area contributed by atoms with Crippen molar-refractivity contribution in [3.05, 3.63) is 89.6 Å². The van der Waals surface area contributed by atoms with Gasteiger partial charge in [-0.05, 0) is 60.9 Å². The number of halogens is 2. The number of pyridine rings is 1. The number of amides is 2. The number of hydrogen-bond donors (Lipinski definition) is 4. The van der Waals surface area contributed by atoms with Crippen LogP contribution >= 0.6 is 12.4 Å². The van der Waals surface area contributed by atoms with E-state index < -0.39 is 11.7 Å². The molecule has 0 radical (unpaired) electrons. The highest BCUT2D eigenvalue weighted by atomic mass is 35.5. The van der Waals surface area contributed by atoms with Crippen LogP contribution in [-0.4, -0.2) is 34.0 Å². The number of aromatic nitrogens is 1. The highest BCUT2D eigenvalue weighted by Crippen LogP contribution is 2.36. The fourth-order valence-corrected chi connectivity index (χ4v) is 4.83. The Morgan fingerprint density at radius 3 is 2.56 bits per heavy atom. The summed E-state index contributed by atoms with van der Waals surface area (Å²) in [5, 5.41) is 26.2. The second-order valence-corrected chi connectivity index (χ2v) is 9.59. The van der Waals surface area contributed by atoms with Crippen molar-refractivity contribution < 1.29 is 23.5 Å². The Labute approximate surface area is 241 Å². The van der Waals surface area contributed by atoms with Crippen LogP contribution < -0.4 is 16.4 Å². The Hall–Kier alpha value is -4.72. The average Bonchev–Trinajstić information content (AvgIpc) is 3.49. The first-order chi connectivity index (χ1) is 19.3. The fourth-order valence-electron chi connectivity index (χ4n) is 4.83. The molecular formula is C30H27ClFN5O4. The molecule has 1 aliphatic rings. The van der Waals surface area contributed by atoms with E-state index in [0.717, 1.165) is 37.8 Å². The van der Waals surface area contributed by atoms with Crippen molar-refractivity contribution in [3.8, 4) is 34.2 Å². The topological polar surface area (TPSA) is 154 Å². The first kappa shape index (κ1) is 29.3. The maximum atomic E-state index is 13.7. The summed E-state index contributed by atoms with van der Waals surface area (Å²) in [4.78, 5) is 30.3. The van der Waals surface area contributed by atoms with Crippen molar-refractivity contribution in [2.24, 2.45) is 5.73 Å². The van der Waals surface area contributed by atoms with Crippen LogP contribution in [0.3, 0.4) is 0 Å². The molecule has 11 heteroatoms. The van der Waals surface area contributed by atoms with Crippen LogP contribution in [0.1, 0.15) is 52.2 Å². The van der Waals surface area contributed by atoms with Crippen molar-refractivity contribution in [1.29, 1.82) is 5.26 Å². The van der Waals surface area contributed by atoms with Crippen LogP contribution in [0, 0.1) is 17.1 Å². The van der Waals surface area contributed by atoms with Gasteiger partial charge in [0.1, 0.15) is 23.2 Å². The van der Waals surface area contributed by atoms with Crippen molar-refractivity contribution in [2.75, 3.05) is 5.32 Å². The molecule has 41 heavy (non-hydrogen) atoms. The Bertz CT molecular complexity index is 1620. The molecule has 2 aromatic carbocycles. The van der Waals surface area contributed by atoms with Gasteiger partial charge in [0, 0.05) is 34.8 Å². The molecule has 2 heterocycles.